The Morgan fingerprint density at radius 3 is 2.62 bits per heavy atom. The summed E-state index contributed by atoms with van der Waals surface area (Å²) in [7, 11) is 3.22. The van der Waals surface area contributed by atoms with Crippen LogP contribution in [0.3, 0.4) is 0 Å². The van der Waals surface area contributed by atoms with Gasteiger partial charge < -0.3 is 24.3 Å². The van der Waals surface area contributed by atoms with Gasteiger partial charge in [-0.05, 0) is 31.2 Å². The van der Waals surface area contributed by atoms with Gasteiger partial charge in [0, 0.05) is 43.4 Å². The molecule has 0 radical (unpaired) electrons. The van der Waals surface area contributed by atoms with Crippen molar-refractivity contribution in [2.45, 2.75) is 31.7 Å². The second kappa shape index (κ2) is 9.24. The van der Waals surface area contributed by atoms with E-state index in [9.17, 15) is 4.79 Å². The van der Waals surface area contributed by atoms with E-state index in [4.69, 9.17) is 18.9 Å². The first-order valence-corrected chi connectivity index (χ1v) is 9.37. The van der Waals surface area contributed by atoms with E-state index in [1.807, 2.05) is 18.2 Å². The predicted octanol–water partition coefficient (Wildman–Crippen LogP) is 2.19. The molecule has 2 aliphatic rings. The maximum Gasteiger partial charge on any atom is 0.224 e. The van der Waals surface area contributed by atoms with Crippen LogP contribution in [0, 0.1) is 11.8 Å². The molecular weight excluding hydrogens is 334 g/mol. The third-order valence-electron chi connectivity index (χ3n) is 5.46. The number of ether oxygens (including phenoxy) is 4. The van der Waals surface area contributed by atoms with E-state index in [1.165, 1.54) is 0 Å². The average molecular weight is 363 g/mol. The van der Waals surface area contributed by atoms with Crippen LogP contribution in [0.4, 0.5) is 0 Å². The first-order valence-electron chi connectivity index (χ1n) is 9.37. The predicted molar refractivity (Wildman–Crippen MR) is 97.6 cm³/mol. The minimum Gasteiger partial charge on any atom is -0.497 e. The number of carbonyl (C=O) groups excluding carboxylic acids is 1. The summed E-state index contributed by atoms with van der Waals surface area (Å²) in [6, 6.07) is 5.72. The molecule has 0 aliphatic carbocycles. The Hall–Kier alpha value is -1.79. The molecule has 2 atom stereocenters. The standard InChI is InChI=1S/C20H29NO5/c1-23-16-4-3-15(19(12-16)24-2)11-20(22)21-18-7-10-26-13-17(18)14-5-8-25-9-6-14/h3-4,12,14,17-18H,5-11,13H2,1-2H3,(H,21,22)/t17-,18-/m0/s1. The van der Waals surface area contributed by atoms with Crippen molar-refractivity contribution >= 4 is 5.91 Å². The lowest BCUT2D eigenvalue weighted by atomic mass is 9.79. The molecule has 3 rings (SSSR count). The number of carbonyl (C=O) groups is 1. The molecule has 0 aromatic heterocycles. The number of methoxy groups -OCH3 is 2. The smallest absolute Gasteiger partial charge is 0.224 e. The largest absolute Gasteiger partial charge is 0.497 e. The molecule has 1 aromatic carbocycles. The lowest BCUT2D eigenvalue weighted by Crippen LogP contribution is -2.49. The Morgan fingerprint density at radius 1 is 1.12 bits per heavy atom. The summed E-state index contributed by atoms with van der Waals surface area (Å²) < 4.78 is 21.8. The summed E-state index contributed by atoms with van der Waals surface area (Å²) >= 11 is 0. The van der Waals surface area contributed by atoms with Crippen molar-refractivity contribution in [2.75, 3.05) is 40.6 Å². The highest BCUT2D eigenvalue weighted by Gasteiger charge is 2.34. The monoisotopic (exact) mass is 363 g/mol. The third kappa shape index (κ3) is 4.68. The zero-order valence-corrected chi connectivity index (χ0v) is 15.7. The molecule has 6 nitrogen and oxygen atoms in total. The van der Waals surface area contributed by atoms with Gasteiger partial charge in [0.25, 0.3) is 0 Å². The van der Waals surface area contributed by atoms with Gasteiger partial charge in [0.15, 0.2) is 0 Å². The van der Waals surface area contributed by atoms with E-state index >= 15 is 0 Å². The van der Waals surface area contributed by atoms with Crippen LogP contribution in [0.15, 0.2) is 18.2 Å². The minimum absolute atomic E-state index is 0.0254. The van der Waals surface area contributed by atoms with Crippen molar-refractivity contribution in [3.63, 3.8) is 0 Å². The second-order valence-corrected chi connectivity index (χ2v) is 7.01. The highest BCUT2D eigenvalue weighted by molar-refractivity contribution is 5.79. The van der Waals surface area contributed by atoms with E-state index in [0.717, 1.165) is 50.4 Å². The van der Waals surface area contributed by atoms with Gasteiger partial charge in [-0.2, -0.15) is 0 Å². The van der Waals surface area contributed by atoms with E-state index < -0.39 is 0 Å². The fourth-order valence-corrected chi connectivity index (χ4v) is 3.98. The Balaban J connectivity index is 1.62. The van der Waals surface area contributed by atoms with Crippen molar-refractivity contribution < 1.29 is 23.7 Å². The van der Waals surface area contributed by atoms with Crippen LogP contribution >= 0.6 is 0 Å². The highest BCUT2D eigenvalue weighted by Crippen LogP contribution is 2.31. The van der Waals surface area contributed by atoms with Gasteiger partial charge in [-0.15, -0.1) is 0 Å². The lowest BCUT2D eigenvalue weighted by Gasteiger charge is -2.39. The molecule has 0 saturated carbocycles. The number of nitrogens with one attached hydrogen (secondary N) is 1. The van der Waals surface area contributed by atoms with Crippen LogP contribution in [0.5, 0.6) is 11.5 Å². The van der Waals surface area contributed by atoms with Gasteiger partial charge in [-0.25, -0.2) is 0 Å². The number of rotatable bonds is 6. The summed E-state index contributed by atoms with van der Waals surface area (Å²) in [6.45, 7) is 3.05. The lowest BCUT2D eigenvalue weighted by molar-refractivity contribution is -0.123. The fraction of sp³-hybridized carbons (Fsp3) is 0.650. The summed E-state index contributed by atoms with van der Waals surface area (Å²) in [6.07, 6.45) is 3.26. The first kappa shape index (κ1) is 19.0. The van der Waals surface area contributed by atoms with Crippen molar-refractivity contribution in [1.82, 2.24) is 5.32 Å². The molecular formula is C20H29NO5. The Labute approximate surface area is 155 Å². The Kier molecular flexibility index (Phi) is 6.74. The molecule has 2 heterocycles. The molecule has 1 amide bonds. The number of hydrogen-bond donors (Lipinski definition) is 1. The highest BCUT2D eigenvalue weighted by atomic mass is 16.5. The number of benzene rings is 1. The molecule has 0 bridgehead atoms. The maximum atomic E-state index is 12.7. The van der Waals surface area contributed by atoms with Crippen molar-refractivity contribution in [2.24, 2.45) is 11.8 Å². The van der Waals surface area contributed by atoms with E-state index in [2.05, 4.69) is 5.32 Å². The molecule has 26 heavy (non-hydrogen) atoms. The van der Waals surface area contributed by atoms with E-state index in [0.29, 0.717) is 30.6 Å². The topological polar surface area (TPSA) is 66.0 Å². The van der Waals surface area contributed by atoms with E-state index in [-0.39, 0.29) is 11.9 Å². The van der Waals surface area contributed by atoms with Gasteiger partial charge in [-0.1, -0.05) is 6.07 Å². The van der Waals surface area contributed by atoms with Gasteiger partial charge in [-0.3, -0.25) is 4.79 Å². The summed E-state index contributed by atoms with van der Waals surface area (Å²) in [5.74, 6) is 2.35. The third-order valence-corrected chi connectivity index (χ3v) is 5.46. The second-order valence-electron chi connectivity index (χ2n) is 7.01. The summed E-state index contributed by atoms with van der Waals surface area (Å²) in [4.78, 5) is 12.7. The van der Waals surface area contributed by atoms with Crippen LogP contribution in [0.2, 0.25) is 0 Å². The zero-order valence-electron chi connectivity index (χ0n) is 15.7. The molecule has 2 saturated heterocycles. The SMILES string of the molecule is COc1ccc(CC(=O)N[C@H]2CCOC[C@H]2C2CCOCC2)c(OC)c1. The molecule has 6 heteroatoms. The van der Waals surface area contributed by atoms with Gasteiger partial charge >= 0.3 is 0 Å². The van der Waals surface area contributed by atoms with Gasteiger partial charge in [0.05, 0.1) is 27.2 Å². The van der Waals surface area contributed by atoms with Crippen molar-refractivity contribution in [3.8, 4) is 11.5 Å². The summed E-state index contributed by atoms with van der Waals surface area (Å²) in [5, 5.41) is 3.25. The van der Waals surface area contributed by atoms with Crippen LogP contribution in [0.1, 0.15) is 24.8 Å². The van der Waals surface area contributed by atoms with Crippen LogP contribution in [-0.4, -0.2) is 52.6 Å². The number of amides is 1. The Bertz CT molecular complexity index is 600. The molecule has 2 fully saturated rings. The summed E-state index contributed by atoms with van der Waals surface area (Å²) in [5.41, 5.74) is 0.862. The molecule has 1 aromatic rings. The van der Waals surface area contributed by atoms with Gasteiger partial charge in [0.2, 0.25) is 5.91 Å². The average Bonchev–Trinajstić information content (AvgIpc) is 2.69. The molecule has 2 aliphatic heterocycles. The van der Waals surface area contributed by atoms with E-state index in [1.54, 1.807) is 14.2 Å². The molecule has 0 unspecified atom stereocenters. The first-order chi connectivity index (χ1) is 12.7. The minimum atomic E-state index is 0.0254. The molecule has 0 spiro atoms. The van der Waals surface area contributed by atoms with Gasteiger partial charge in [0.1, 0.15) is 11.5 Å². The number of hydrogen-bond acceptors (Lipinski definition) is 5. The maximum absolute atomic E-state index is 12.7. The van der Waals surface area contributed by atoms with Crippen molar-refractivity contribution in [3.05, 3.63) is 23.8 Å². The normalized spacial score (nSPS) is 24.1. The van der Waals surface area contributed by atoms with Crippen LogP contribution < -0.4 is 14.8 Å². The quantitative estimate of drug-likeness (QED) is 0.839. The fourth-order valence-electron chi connectivity index (χ4n) is 3.98. The molecule has 1 N–H and O–H groups in total. The van der Waals surface area contributed by atoms with Crippen molar-refractivity contribution in [1.29, 1.82) is 0 Å². The van der Waals surface area contributed by atoms with Crippen LogP contribution in [0.25, 0.3) is 0 Å². The molecule has 144 valence electrons. The zero-order chi connectivity index (χ0) is 18.4. The Morgan fingerprint density at radius 2 is 1.88 bits per heavy atom. The van der Waals surface area contributed by atoms with Crippen LogP contribution in [-0.2, 0) is 20.7 Å².